The molecule has 1 atom stereocenters. The molecule has 1 rings (SSSR count). The van der Waals surface area contributed by atoms with Gasteiger partial charge < -0.3 is 5.11 Å². The second kappa shape index (κ2) is 5.76. The lowest BCUT2D eigenvalue weighted by atomic mass is 9.80. The Labute approximate surface area is 115 Å². The number of carboxylic acids is 1. The molecule has 5 heteroatoms. The van der Waals surface area contributed by atoms with Gasteiger partial charge in [0.25, 0.3) is 0 Å². The van der Waals surface area contributed by atoms with Crippen LogP contribution in [-0.4, -0.2) is 11.1 Å². The topological polar surface area (TPSA) is 37.3 Å². The highest BCUT2D eigenvalue weighted by molar-refractivity contribution is 6.55. The minimum Gasteiger partial charge on any atom is -0.481 e. The Balaban J connectivity index is 3.18. The second-order valence-corrected chi connectivity index (χ2v) is 5.37. The molecule has 0 aliphatic carbocycles. The van der Waals surface area contributed by atoms with Crippen molar-refractivity contribution in [1.29, 1.82) is 0 Å². The maximum atomic E-state index is 10.9. The van der Waals surface area contributed by atoms with E-state index in [9.17, 15) is 4.79 Å². The van der Waals surface area contributed by atoms with Crippen molar-refractivity contribution in [1.82, 2.24) is 0 Å². The molecule has 0 radical (unpaired) electrons. The highest BCUT2D eigenvalue weighted by atomic mass is 35.5. The molecule has 0 bridgehead atoms. The van der Waals surface area contributed by atoms with E-state index in [1.54, 1.807) is 31.2 Å². The average molecular weight is 294 g/mol. The zero-order valence-corrected chi connectivity index (χ0v) is 11.4. The van der Waals surface area contributed by atoms with Gasteiger partial charge in [-0.05, 0) is 23.8 Å². The number of benzene rings is 1. The van der Waals surface area contributed by atoms with Crippen LogP contribution >= 0.6 is 34.8 Å². The average Bonchev–Trinajstić information content (AvgIpc) is 2.15. The van der Waals surface area contributed by atoms with Crippen LogP contribution in [0.5, 0.6) is 0 Å². The van der Waals surface area contributed by atoms with E-state index < -0.39 is 11.4 Å². The summed E-state index contributed by atoms with van der Waals surface area (Å²) in [6.07, 6.45) is 1.42. The summed E-state index contributed by atoms with van der Waals surface area (Å²) >= 11 is 17.1. The fourth-order valence-corrected chi connectivity index (χ4v) is 2.23. The number of carbonyl (C=O) groups is 1. The third kappa shape index (κ3) is 4.23. The summed E-state index contributed by atoms with van der Waals surface area (Å²) in [7, 11) is 0. The van der Waals surface area contributed by atoms with Gasteiger partial charge in [0.05, 0.1) is 6.42 Å². The van der Waals surface area contributed by atoms with Crippen LogP contribution in [0.1, 0.15) is 18.9 Å². The first-order valence-corrected chi connectivity index (χ1v) is 5.98. The van der Waals surface area contributed by atoms with E-state index in [1.165, 1.54) is 6.08 Å². The van der Waals surface area contributed by atoms with E-state index in [4.69, 9.17) is 39.9 Å². The van der Waals surface area contributed by atoms with Gasteiger partial charge in [0.2, 0.25) is 0 Å². The Hall–Kier alpha value is -0.700. The molecule has 0 aromatic heterocycles. The number of rotatable bonds is 4. The number of halogens is 3. The van der Waals surface area contributed by atoms with Gasteiger partial charge in [-0.2, -0.15) is 0 Å². The first-order valence-electron chi connectivity index (χ1n) is 4.85. The Morgan fingerprint density at radius 2 is 1.88 bits per heavy atom. The van der Waals surface area contributed by atoms with Crippen LogP contribution in [-0.2, 0) is 10.2 Å². The molecular weight excluding hydrogens is 282 g/mol. The van der Waals surface area contributed by atoms with Crippen molar-refractivity contribution in [3.05, 3.63) is 45.4 Å². The highest BCUT2D eigenvalue weighted by Gasteiger charge is 2.27. The van der Waals surface area contributed by atoms with Gasteiger partial charge in [-0.1, -0.05) is 53.9 Å². The minimum absolute atomic E-state index is 0.0451. The van der Waals surface area contributed by atoms with Crippen LogP contribution in [0.15, 0.2) is 34.8 Å². The smallest absolute Gasteiger partial charge is 0.304 e. The molecule has 0 aliphatic rings. The molecule has 0 fully saturated rings. The van der Waals surface area contributed by atoms with Crippen molar-refractivity contribution in [3.63, 3.8) is 0 Å². The molecule has 92 valence electrons. The van der Waals surface area contributed by atoms with Gasteiger partial charge in [0, 0.05) is 10.4 Å². The predicted molar refractivity (Wildman–Crippen MR) is 70.8 cm³/mol. The summed E-state index contributed by atoms with van der Waals surface area (Å²) in [5.41, 5.74) is 0.0398. The van der Waals surface area contributed by atoms with E-state index in [1.807, 2.05) is 0 Å². The molecule has 1 aromatic rings. The summed E-state index contributed by atoms with van der Waals surface area (Å²) in [6.45, 7) is 1.76. The molecule has 1 unspecified atom stereocenters. The Morgan fingerprint density at radius 1 is 1.35 bits per heavy atom. The lowest BCUT2D eigenvalue weighted by molar-refractivity contribution is -0.137. The van der Waals surface area contributed by atoms with Crippen LogP contribution in [0, 0.1) is 0 Å². The lowest BCUT2D eigenvalue weighted by Crippen LogP contribution is -2.23. The lowest BCUT2D eigenvalue weighted by Gasteiger charge is -2.24. The molecule has 1 N–H and O–H groups in total. The second-order valence-electron chi connectivity index (χ2n) is 3.93. The number of hydrogen-bond acceptors (Lipinski definition) is 1. The summed E-state index contributed by atoms with van der Waals surface area (Å²) < 4.78 is 0.0451. The van der Waals surface area contributed by atoms with Crippen molar-refractivity contribution in [2.45, 2.75) is 18.8 Å². The fourth-order valence-electron chi connectivity index (χ4n) is 1.62. The molecule has 0 saturated heterocycles. The Kier molecular flexibility index (Phi) is 4.87. The van der Waals surface area contributed by atoms with Gasteiger partial charge in [-0.25, -0.2) is 0 Å². The Morgan fingerprint density at radius 3 is 2.29 bits per heavy atom. The van der Waals surface area contributed by atoms with Gasteiger partial charge in [-0.15, -0.1) is 0 Å². The van der Waals surface area contributed by atoms with E-state index in [2.05, 4.69) is 0 Å². The SMILES string of the molecule is CC(C=C(Cl)Cl)(CC(=O)O)c1ccc(Cl)cc1. The summed E-state index contributed by atoms with van der Waals surface area (Å²) in [5, 5.41) is 9.53. The van der Waals surface area contributed by atoms with Crippen LogP contribution in [0.4, 0.5) is 0 Å². The van der Waals surface area contributed by atoms with Crippen molar-refractivity contribution < 1.29 is 9.90 Å². The molecule has 0 amide bonds. The van der Waals surface area contributed by atoms with Crippen LogP contribution in [0.25, 0.3) is 0 Å². The maximum Gasteiger partial charge on any atom is 0.304 e. The number of carboxylic acid groups (broad SMARTS) is 1. The molecule has 0 spiro atoms. The van der Waals surface area contributed by atoms with Crippen molar-refractivity contribution >= 4 is 40.8 Å². The zero-order valence-electron chi connectivity index (χ0n) is 9.08. The molecule has 0 heterocycles. The molecular formula is C12H11Cl3O2. The van der Waals surface area contributed by atoms with Crippen LogP contribution in [0.3, 0.4) is 0 Å². The molecule has 1 aromatic carbocycles. The number of hydrogen-bond donors (Lipinski definition) is 1. The van der Waals surface area contributed by atoms with Crippen LogP contribution < -0.4 is 0 Å². The van der Waals surface area contributed by atoms with E-state index in [-0.39, 0.29) is 10.9 Å². The predicted octanol–water partition coefficient (Wildman–Crippen LogP) is 4.39. The van der Waals surface area contributed by atoms with Gasteiger partial charge in [0.15, 0.2) is 0 Å². The maximum absolute atomic E-state index is 10.9. The number of aliphatic carboxylic acids is 1. The summed E-state index contributed by atoms with van der Waals surface area (Å²) in [6, 6.07) is 6.93. The molecule has 0 saturated carbocycles. The first kappa shape index (κ1) is 14.4. The standard InChI is InChI=1S/C12H11Cl3O2/c1-12(6-10(14)15,7-11(16)17)8-2-4-9(13)5-3-8/h2-6H,7H2,1H3,(H,16,17). The van der Waals surface area contributed by atoms with Gasteiger partial charge >= 0.3 is 5.97 Å². The minimum atomic E-state index is -0.923. The molecule has 17 heavy (non-hydrogen) atoms. The summed E-state index contributed by atoms with van der Waals surface area (Å²) in [5.74, 6) is -0.923. The largest absolute Gasteiger partial charge is 0.481 e. The summed E-state index contributed by atoms with van der Waals surface area (Å²) in [4.78, 5) is 10.9. The third-order valence-electron chi connectivity index (χ3n) is 2.45. The van der Waals surface area contributed by atoms with Crippen LogP contribution in [0.2, 0.25) is 5.02 Å². The van der Waals surface area contributed by atoms with Gasteiger partial charge in [-0.3, -0.25) is 4.79 Å². The monoisotopic (exact) mass is 292 g/mol. The Bertz CT molecular complexity index is 436. The van der Waals surface area contributed by atoms with Gasteiger partial charge in [0.1, 0.15) is 4.49 Å². The fraction of sp³-hybridized carbons (Fsp3) is 0.250. The first-order chi connectivity index (χ1) is 7.83. The quantitative estimate of drug-likeness (QED) is 0.894. The van der Waals surface area contributed by atoms with E-state index in [0.29, 0.717) is 5.02 Å². The molecule has 0 aliphatic heterocycles. The normalized spacial score (nSPS) is 13.9. The van der Waals surface area contributed by atoms with Crippen molar-refractivity contribution in [2.75, 3.05) is 0 Å². The van der Waals surface area contributed by atoms with Crippen molar-refractivity contribution in [3.8, 4) is 0 Å². The van der Waals surface area contributed by atoms with Crippen molar-refractivity contribution in [2.24, 2.45) is 0 Å². The highest BCUT2D eigenvalue weighted by Crippen LogP contribution is 2.32. The molecule has 2 nitrogen and oxygen atoms in total. The zero-order chi connectivity index (χ0) is 13.1. The third-order valence-corrected chi connectivity index (χ3v) is 2.92. The van der Waals surface area contributed by atoms with E-state index >= 15 is 0 Å². The van der Waals surface area contributed by atoms with E-state index in [0.717, 1.165) is 5.56 Å². The number of allylic oxidation sites excluding steroid dienone is 1.